The van der Waals surface area contributed by atoms with Gasteiger partial charge in [0.15, 0.2) is 5.78 Å². The van der Waals surface area contributed by atoms with Crippen LogP contribution < -0.4 is 25.3 Å². The van der Waals surface area contributed by atoms with Gasteiger partial charge in [-0.2, -0.15) is 5.26 Å². The Balaban J connectivity index is 0.736. The summed E-state index contributed by atoms with van der Waals surface area (Å²) in [7, 11) is 0. The number of carbonyl (C=O) groups is 4. The number of fused-ring (bicyclic) bond motifs is 2. The van der Waals surface area contributed by atoms with E-state index in [0.29, 0.717) is 62.4 Å². The summed E-state index contributed by atoms with van der Waals surface area (Å²) in [6.45, 7) is 10.5. The molecule has 15 heteroatoms. The molecule has 4 aromatic rings. The number of carbonyl (C=O) groups excluding carboxylic acids is 4. The first kappa shape index (κ1) is 43.8. The molecule has 3 aromatic carbocycles. The van der Waals surface area contributed by atoms with Crippen LogP contribution in [0.3, 0.4) is 0 Å². The Labute approximate surface area is 378 Å². The SMILES string of the molecule is C[C@@H]1CN(c2ccc(C#N)c3ncccc23)[C@@H](C)CN1C(=O)Nc1cc(F)c(N2CCC(CN3CCN(c4ccc5c(c4)CCC(/C=C/[C@H]4CCC(=O)NC4=O)C5=O)CC3)CC2)cc1F. The van der Waals surface area contributed by atoms with E-state index in [1.54, 1.807) is 23.2 Å². The number of urea groups is 1. The number of aromatic nitrogens is 1. The number of aryl methyl sites for hydroxylation is 1. The molecule has 0 spiro atoms. The van der Waals surface area contributed by atoms with Crippen molar-refractivity contribution >= 4 is 57.3 Å². The summed E-state index contributed by atoms with van der Waals surface area (Å²) < 4.78 is 31.3. The third kappa shape index (κ3) is 9.14. The first-order valence-electron chi connectivity index (χ1n) is 23.0. The van der Waals surface area contributed by atoms with Crippen LogP contribution in [0.15, 0.2) is 72.9 Å². The summed E-state index contributed by atoms with van der Waals surface area (Å²) in [5.41, 5.74) is 5.00. The fraction of sp³-hybridized carbons (Fsp3) is 0.440. The molecule has 9 rings (SSSR count). The number of hydrogen-bond donors (Lipinski definition) is 2. The molecule has 2 N–H and O–H groups in total. The number of piperazine rings is 2. The Morgan fingerprint density at radius 2 is 1.62 bits per heavy atom. The van der Waals surface area contributed by atoms with Crippen LogP contribution in [0.2, 0.25) is 0 Å². The maximum Gasteiger partial charge on any atom is 0.322 e. The number of nitrogens with one attached hydrogen (secondary N) is 2. The Hall–Kier alpha value is -6.40. The van der Waals surface area contributed by atoms with E-state index in [0.717, 1.165) is 85.9 Å². The molecule has 13 nitrogen and oxygen atoms in total. The first-order valence-corrected chi connectivity index (χ1v) is 23.0. The van der Waals surface area contributed by atoms with Crippen LogP contribution in [-0.2, 0) is 16.0 Å². The average molecular weight is 884 g/mol. The van der Waals surface area contributed by atoms with Gasteiger partial charge in [0.25, 0.3) is 0 Å². The van der Waals surface area contributed by atoms with E-state index >= 15 is 8.78 Å². The van der Waals surface area contributed by atoms with Gasteiger partial charge in [0.2, 0.25) is 11.8 Å². The van der Waals surface area contributed by atoms with Crippen molar-refractivity contribution in [3.05, 3.63) is 101 Å². The number of nitrogens with zero attached hydrogens (tertiary/aromatic N) is 7. The van der Waals surface area contributed by atoms with Crippen molar-refractivity contribution in [2.45, 2.75) is 64.5 Å². The molecule has 4 amide bonds. The smallest absolute Gasteiger partial charge is 0.322 e. The largest absolute Gasteiger partial charge is 0.369 e. The molecule has 0 saturated carbocycles. The van der Waals surface area contributed by atoms with Crippen molar-refractivity contribution in [3.8, 4) is 6.07 Å². The quantitative estimate of drug-likeness (QED) is 0.142. The molecular weight excluding hydrogens is 829 g/mol. The van der Waals surface area contributed by atoms with Gasteiger partial charge in [-0.15, -0.1) is 0 Å². The van der Waals surface area contributed by atoms with Crippen molar-refractivity contribution in [3.63, 3.8) is 0 Å². The zero-order valence-electron chi connectivity index (χ0n) is 36.9. The van der Waals surface area contributed by atoms with Gasteiger partial charge in [0.05, 0.1) is 28.4 Å². The lowest BCUT2D eigenvalue weighted by molar-refractivity contribution is -0.135. The Morgan fingerprint density at radius 1 is 0.846 bits per heavy atom. The van der Waals surface area contributed by atoms with Crippen LogP contribution in [-0.4, -0.2) is 109 Å². The van der Waals surface area contributed by atoms with E-state index in [1.165, 1.54) is 6.07 Å². The maximum absolute atomic E-state index is 15.7. The summed E-state index contributed by atoms with van der Waals surface area (Å²) in [6, 6.07) is 17.3. The number of Topliss-reactive ketones (excluding diaryl/α,β-unsaturated/α-hetero) is 1. The monoisotopic (exact) mass is 883 g/mol. The van der Waals surface area contributed by atoms with Crippen molar-refractivity contribution in [1.82, 2.24) is 20.1 Å². The molecule has 4 saturated heterocycles. The number of halogens is 2. The minimum atomic E-state index is -0.681. The van der Waals surface area contributed by atoms with Crippen molar-refractivity contribution in [2.75, 3.05) is 78.9 Å². The molecule has 1 aliphatic carbocycles. The van der Waals surface area contributed by atoms with Crippen molar-refractivity contribution < 1.29 is 28.0 Å². The summed E-state index contributed by atoms with van der Waals surface area (Å²) in [5.74, 6) is -1.93. The number of imide groups is 1. The highest BCUT2D eigenvalue weighted by Gasteiger charge is 2.35. The standard InChI is InChI=1S/C50H55F2N9O4/c1-31-29-61(32(2)28-60(31)44-13-9-37(27-53)47-40(44)4-3-17-54-47)50(65)55-43-25-42(52)45(26-41(43)51)59-18-15-33(16-19-59)30-57-20-22-58(23-21-57)38-11-12-39-36(24-38)8-6-34(48(39)63)5-7-35-10-14-46(62)56-49(35)64/h3-5,7,9,11-13,17,24-26,31-35H,6,8,10,14-16,18-23,28-30H2,1-2H3,(H,55,65)(H,56,62,64)/b7-5+/t31-,32+,34?,35-/m0/s1. The Morgan fingerprint density at radius 3 is 2.38 bits per heavy atom. The van der Waals surface area contributed by atoms with Crippen LogP contribution in [0.1, 0.15) is 67.4 Å². The first-order chi connectivity index (χ1) is 31.4. The second-order valence-corrected chi connectivity index (χ2v) is 18.4. The highest BCUT2D eigenvalue weighted by atomic mass is 19.1. The molecule has 65 heavy (non-hydrogen) atoms. The minimum Gasteiger partial charge on any atom is -0.369 e. The third-order valence-electron chi connectivity index (χ3n) is 14.2. The van der Waals surface area contributed by atoms with E-state index in [2.05, 4.69) is 42.5 Å². The van der Waals surface area contributed by atoms with Crippen LogP contribution in [0.4, 0.5) is 36.3 Å². The number of rotatable bonds is 8. The molecule has 338 valence electrons. The average Bonchev–Trinajstić information content (AvgIpc) is 3.31. The molecule has 4 atom stereocenters. The predicted octanol–water partition coefficient (Wildman–Crippen LogP) is 6.91. The highest BCUT2D eigenvalue weighted by Crippen LogP contribution is 2.35. The second kappa shape index (κ2) is 18.6. The number of amides is 4. The number of allylic oxidation sites excluding steroid dienone is 1. The Kier molecular flexibility index (Phi) is 12.5. The van der Waals surface area contributed by atoms with E-state index in [1.807, 2.05) is 55.2 Å². The fourth-order valence-electron chi connectivity index (χ4n) is 10.4. The van der Waals surface area contributed by atoms with Crippen molar-refractivity contribution in [1.29, 1.82) is 5.26 Å². The molecule has 5 aliphatic rings. The van der Waals surface area contributed by atoms with Gasteiger partial charge < -0.3 is 24.9 Å². The van der Waals surface area contributed by atoms with Gasteiger partial charge >= 0.3 is 6.03 Å². The number of pyridine rings is 1. The second-order valence-electron chi connectivity index (χ2n) is 18.4. The van der Waals surface area contributed by atoms with Crippen LogP contribution in [0.5, 0.6) is 0 Å². The summed E-state index contributed by atoms with van der Waals surface area (Å²) in [6.07, 6.45) is 9.29. The highest BCUT2D eigenvalue weighted by molar-refractivity contribution is 6.02. The molecule has 1 aromatic heterocycles. The van der Waals surface area contributed by atoms with Crippen LogP contribution in [0.25, 0.3) is 10.9 Å². The van der Waals surface area contributed by atoms with Gasteiger partial charge in [0, 0.05) is 124 Å². The lowest BCUT2D eigenvalue weighted by Crippen LogP contribution is -2.59. The number of anilines is 4. The number of ketones is 1. The summed E-state index contributed by atoms with van der Waals surface area (Å²) in [5, 5.41) is 15.5. The van der Waals surface area contributed by atoms with Crippen LogP contribution >= 0.6 is 0 Å². The molecular formula is C50H55F2N9O4. The van der Waals surface area contributed by atoms with E-state index in [9.17, 15) is 24.4 Å². The van der Waals surface area contributed by atoms with Crippen molar-refractivity contribution in [2.24, 2.45) is 17.8 Å². The zero-order valence-corrected chi connectivity index (χ0v) is 36.9. The predicted molar refractivity (Wildman–Crippen MR) is 246 cm³/mol. The van der Waals surface area contributed by atoms with Gasteiger partial charge in [0.1, 0.15) is 17.7 Å². The zero-order chi connectivity index (χ0) is 45.4. The molecule has 4 fully saturated rings. The summed E-state index contributed by atoms with van der Waals surface area (Å²) >= 11 is 0. The van der Waals surface area contributed by atoms with Gasteiger partial charge in [-0.05, 0) is 99.9 Å². The van der Waals surface area contributed by atoms with Gasteiger partial charge in [-0.25, -0.2) is 13.6 Å². The summed E-state index contributed by atoms with van der Waals surface area (Å²) in [4.78, 5) is 65.7. The minimum absolute atomic E-state index is 0.0757. The molecule has 4 aliphatic heterocycles. The van der Waals surface area contributed by atoms with Gasteiger partial charge in [-0.3, -0.25) is 29.6 Å². The Bertz CT molecular complexity index is 2580. The molecule has 0 radical (unpaired) electrons. The third-order valence-corrected chi connectivity index (χ3v) is 14.2. The topological polar surface area (TPSA) is 145 Å². The number of hydrogen-bond acceptors (Lipinski definition) is 10. The lowest BCUT2D eigenvalue weighted by atomic mass is 9.81. The molecule has 0 bridgehead atoms. The lowest BCUT2D eigenvalue weighted by Gasteiger charge is -2.45. The number of nitriles is 1. The fourth-order valence-corrected chi connectivity index (χ4v) is 10.4. The number of piperidine rings is 2. The van der Waals surface area contributed by atoms with E-state index in [4.69, 9.17) is 0 Å². The van der Waals surface area contributed by atoms with E-state index in [-0.39, 0.29) is 52.9 Å². The molecule has 1 unspecified atom stereocenters. The number of benzene rings is 3. The molecule has 5 heterocycles. The van der Waals surface area contributed by atoms with E-state index < -0.39 is 17.7 Å². The normalized spacial score (nSPS) is 23.5. The maximum atomic E-state index is 15.7. The van der Waals surface area contributed by atoms with Crippen LogP contribution in [0, 0.1) is 40.7 Å². The van der Waals surface area contributed by atoms with Gasteiger partial charge in [-0.1, -0.05) is 12.2 Å².